The Labute approximate surface area is 134 Å². The van der Waals surface area contributed by atoms with Crippen LogP contribution in [0.1, 0.15) is 5.69 Å². The van der Waals surface area contributed by atoms with Crippen LogP contribution < -0.4 is 10.9 Å². The standard InChI is InChI=1S/C15H11BrClN3O/c16-12-5-4-10(17)7-13(12)18-9-11-8-15(21)20-6-2-1-3-14(20)19-11/h1-8,18H,9H2. The maximum absolute atomic E-state index is 12.0. The number of hydrogen-bond donors (Lipinski definition) is 1. The molecule has 4 nitrogen and oxygen atoms in total. The van der Waals surface area contributed by atoms with Gasteiger partial charge in [-0.15, -0.1) is 0 Å². The molecule has 0 saturated heterocycles. The molecule has 1 N–H and O–H groups in total. The summed E-state index contributed by atoms with van der Waals surface area (Å²) in [6.07, 6.45) is 1.70. The predicted octanol–water partition coefficient (Wildman–Crippen LogP) is 3.72. The van der Waals surface area contributed by atoms with Crippen LogP contribution in [0.3, 0.4) is 0 Å². The van der Waals surface area contributed by atoms with Gasteiger partial charge in [-0.25, -0.2) is 4.98 Å². The van der Waals surface area contributed by atoms with E-state index in [2.05, 4.69) is 26.2 Å². The minimum absolute atomic E-state index is 0.0949. The van der Waals surface area contributed by atoms with Gasteiger partial charge >= 0.3 is 0 Å². The highest BCUT2D eigenvalue weighted by Gasteiger charge is 2.04. The Hall–Kier alpha value is -1.85. The molecule has 0 amide bonds. The van der Waals surface area contributed by atoms with Gasteiger partial charge in [-0.2, -0.15) is 0 Å². The van der Waals surface area contributed by atoms with Crippen molar-refractivity contribution in [2.45, 2.75) is 6.54 Å². The molecule has 2 aromatic heterocycles. The molecule has 3 aromatic rings. The minimum atomic E-state index is -0.0949. The molecule has 0 fully saturated rings. The van der Waals surface area contributed by atoms with E-state index in [0.29, 0.717) is 22.9 Å². The average molecular weight is 365 g/mol. The highest BCUT2D eigenvalue weighted by atomic mass is 79.9. The van der Waals surface area contributed by atoms with E-state index in [0.717, 1.165) is 10.2 Å². The Kier molecular flexibility index (Phi) is 3.94. The van der Waals surface area contributed by atoms with Crippen LogP contribution in [0.25, 0.3) is 5.65 Å². The zero-order chi connectivity index (χ0) is 14.8. The van der Waals surface area contributed by atoms with Crippen molar-refractivity contribution in [3.63, 3.8) is 0 Å². The summed E-state index contributed by atoms with van der Waals surface area (Å²) in [5, 5.41) is 3.87. The van der Waals surface area contributed by atoms with E-state index < -0.39 is 0 Å². The maximum Gasteiger partial charge on any atom is 0.258 e. The third-order valence-electron chi connectivity index (χ3n) is 3.01. The number of nitrogens with zero attached hydrogens (tertiary/aromatic N) is 2. The van der Waals surface area contributed by atoms with Gasteiger partial charge in [0, 0.05) is 21.8 Å². The smallest absolute Gasteiger partial charge is 0.258 e. The molecule has 3 rings (SSSR count). The molecular weight excluding hydrogens is 354 g/mol. The summed E-state index contributed by atoms with van der Waals surface area (Å²) >= 11 is 9.42. The van der Waals surface area contributed by atoms with Crippen LogP contribution in [0.4, 0.5) is 5.69 Å². The zero-order valence-corrected chi connectivity index (χ0v) is 13.2. The van der Waals surface area contributed by atoms with Crippen molar-refractivity contribution in [1.29, 1.82) is 0 Å². The van der Waals surface area contributed by atoms with Crippen molar-refractivity contribution in [2.24, 2.45) is 0 Å². The quantitative estimate of drug-likeness (QED) is 0.770. The lowest BCUT2D eigenvalue weighted by Crippen LogP contribution is -2.16. The van der Waals surface area contributed by atoms with Crippen molar-refractivity contribution in [2.75, 3.05) is 5.32 Å². The molecule has 0 aliphatic rings. The number of nitrogens with one attached hydrogen (secondary N) is 1. The second-order valence-electron chi connectivity index (χ2n) is 4.49. The summed E-state index contributed by atoms with van der Waals surface area (Å²) < 4.78 is 2.42. The molecule has 21 heavy (non-hydrogen) atoms. The van der Waals surface area contributed by atoms with E-state index in [4.69, 9.17) is 11.6 Å². The number of aromatic nitrogens is 2. The lowest BCUT2D eigenvalue weighted by molar-refractivity contribution is 0.971. The van der Waals surface area contributed by atoms with Crippen molar-refractivity contribution < 1.29 is 0 Å². The first-order valence-electron chi connectivity index (χ1n) is 6.30. The summed E-state index contributed by atoms with van der Waals surface area (Å²) in [4.78, 5) is 16.5. The van der Waals surface area contributed by atoms with Crippen molar-refractivity contribution >= 4 is 38.9 Å². The van der Waals surface area contributed by atoms with Gasteiger partial charge < -0.3 is 5.32 Å². The summed E-state index contributed by atoms with van der Waals surface area (Å²) in [6, 6.07) is 12.5. The summed E-state index contributed by atoms with van der Waals surface area (Å²) in [5.74, 6) is 0. The topological polar surface area (TPSA) is 46.4 Å². The third-order valence-corrected chi connectivity index (χ3v) is 3.94. The van der Waals surface area contributed by atoms with E-state index in [1.807, 2.05) is 18.2 Å². The second kappa shape index (κ2) is 5.87. The molecule has 0 radical (unpaired) electrons. The Balaban J connectivity index is 1.88. The van der Waals surface area contributed by atoms with Crippen LogP contribution in [-0.2, 0) is 6.54 Å². The fourth-order valence-electron chi connectivity index (χ4n) is 2.01. The fraction of sp³-hybridized carbons (Fsp3) is 0.0667. The first kappa shape index (κ1) is 14.1. The molecule has 0 aliphatic carbocycles. The van der Waals surface area contributed by atoms with Crippen LogP contribution in [0.5, 0.6) is 0 Å². The molecular formula is C15H11BrClN3O. The second-order valence-corrected chi connectivity index (χ2v) is 5.78. The minimum Gasteiger partial charge on any atom is -0.378 e. The number of benzene rings is 1. The molecule has 0 unspecified atom stereocenters. The highest BCUT2D eigenvalue weighted by Crippen LogP contribution is 2.26. The predicted molar refractivity (Wildman–Crippen MR) is 87.9 cm³/mol. The van der Waals surface area contributed by atoms with Gasteiger partial charge in [-0.1, -0.05) is 17.7 Å². The average Bonchev–Trinajstić information content (AvgIpc) is 2.48. The van der Waals surface area contributed by atoms with Gasteiger partial charge in [-0.3, -0.25) is 9.20 Å². The van der Waals surface area contributed by atoms with Crippen molar-refractivity contribution in [3.05, 3.63) is 74.2 Å². The molecule has 1 aromatic carbocycles. The number of halogens is 2. The summed E-state index contributed by atoms with van der Waals surface area (Å²) in [7, 11) is 0. The Morgan fingerprint density at radius 1 is 1.24 bits per heavy atom. The van der Waals surface area contributed by atoms with Gasteiger partial charge in [-0.05, 0) is 46.3 Å². The van der Waals surface area contributed by atoms with Crippen LogP contribution in [-0.4, -0.2) is 9.38 Å². The maximum atomic E-state index is 12.0. The first-order chi connectivity index (χ1) is 10.1. The SMILES string of the molecule is O=c1cc(CNc2cc(Cl)ccc2Br)nc2ccccn12. The zero-order valence-electron chi connectivity index (χ0n) is 10.9. The van der Waals surface area contributed by atoms with Gasteiger partial charge in [0.1, 0.15) is 5.65 Å². The van der Waals surface area contributed by atoms with E-state index in [1.165, 1.54) is 10.5 Å². The molecule has 0 atom stereocenters. The highest BCUT2D eigenvalue weighted by molar-refractivity contribution is 9.10. The Bertz CT molecular complexity index is 863. The van der Waals surface area contributed by atoms with E-state index >= 15 is 0 Å². The van der Waals surface area contributed by atoms with Crippen LogP contribution in [0.15, 0.2) is 57.9 Å². The van der Waals surface area contributed by atoms with Crippen molar-refractivity contribution in [3.8, 4) is 0 Å². The van der Waals surface area contributed by atoms with Gasteiger partial charge in [0.25, 0.3) is 5.56 Å². The van der Waals surface area contributed by atoms with Gasteiger partial charge in [0.15, 0.2) is 0 Å². The Morgan fingerprint density at radius 3 is 2.95 bits per heavy atom. The van der Waals surface area contributed by atoms with Gasteiger partial charge in [0.05, 0.1) is 17.9 Å². The first-order valence-corrected chi connectivity index (χ1v) is 7.47. The van der Waals surface area contributed by atoms with Crippen molar-refractivity contribution in [1.82, 2.24) is 9.38 Å². The van der Waals surface area contributed by atoms with Gasteiger partial charge in [0.2, 0.25) is 0 Å². The van der Waals surface area contributed by atoms with E-state index in [-0.39, 0.29) is 5.56 Å². The van der Waals surface area contributed by atoms with Crippen LogP contribution in [0.2, 0.25) is 5.02 Å². The monoisotopic (exact) mass is 363 g/mol. The van der Waals surface area contributed by atoms with E-state index in [9.17, 15) is 4.79 Å². The molecule has 2 heterocycles. The number of hydrogen-bond acceptors (Lipinski definition) is 3. The lowest BCUT2D eigenvalue weighted by atomic mass is 10.3. The molecule has 0 spiro atoms. The summed E-state index contributed by atoms with van der Waals surface area (Å²) in [5.41, 5.74) is 2.07. The number of anilines is 1. The lowest BCUT2D eigenvalue weighted by Gasteiger charge is -2.09. The number of rotatable bonds is 3. The molecule has 6 heteroatoms. The Morgan fingerprint density at radius 2 is 2.10 bits per heavy atom. The third kappa shape index (κ3) is 3.09. The molecule has 0 aliphatic heterocycles. The largest absolute Gasteiger partial charge is 0.378 e. The fourth-order valence-corrected chi connectivity index (χ4v) is 2.57. The molecule has 0 saturated carbocycles. The molecule has 106 valence electrons. The molecule has 0 bridgehead atoms. The number of fused-ring (bicyclic) bond motifs is 1. The van der Waals surface area contributed by atoms with E-state index in [1.54, 1.807) is 24.4 Å². The summed E-state index contributed by atoms with van der Waals surface area (Å²) in [6.45, 7) is 0.444. The van der Waals surface area contributed by atoms with Crippen LogP contribution in [0, 0.1) is 0 Å². The number of pyridine rings is 1. The normalized spacial score (nSPS) is 10.8. The van der Waals surface area contributed by atoms with Crippen LogP contribution >= 0.6 is 27.5 Å².